The Hall–Kier alpha value is 17.6. The Labute approximate surface area is 1090 Å². The Balaban J connectivity index is 0. The van der Waals surface area contributed by atoms with E-state index >= 15 is 0 Å². The van der Waals surface area contributed by atoms with Gasteiger partial charge in [-0.3, -0.25) is 0 Å². The van der Waals surface area contributed by atoms with Gasteiger partial charge in [0.15, 0.2) is 0 Å². The van der Waals surface area contributed by atoms with Gasteiger partial charge in [0.2, 0.25) is 0 Å². The van der Waals surface area contributed by atoms with E-state index in [1.165, 1.54) is 0 Å². The Morgan fingerprint density at radius 2 is 0.0435 bits per heavy atom. The van der Waals surface area contributed by atoms with Crippen molar-refractivity contribution in [2.24, 2.45) is 0 Å². The van der Waals surface area contributed by atoms with Crippen molar-refractivity contribution in [1.82, 2.24) is 0 Å². The maximum absolute atomic E-state index is 0. The molecule has 72 nitrogen and oxygen atoms in total. The van der Waals surface area contributed by atoms with Gasteiger partial charge >= 0.3 is 715 Å². The quantitative estimate of drug-likeness (QED) is 0.204. The first-order chi connectivity index (χ1) is 0. The van der Waals surface area contributed by atoms with Crippen LogP contribution in [-0.2, 0) is 361 Å². The zero-order chi connectivity index (χ0) is 0. The standard InChI is InChI=1S/4Al.18Mg.6H2O.66O.21Si/h;;;;;;;;;;;;;;;;;;;;;;6*1H2;;;;;;;;;;;;;;;;;;;;;;;;;;;;;;;;;;;;;;;;;;;;;;;;;;;;;;;;;;;;;;;;;;;;;;;;;;;;;;;;;;;;;;;/q4*+3;18*+2;;;;;;;66*-2;21*+4. The van der Waals surface area contributed by atoms with Crippen LogP contribution in [0, 0.1) is 0 Å². The van der Waals surface area contributed by atoms with Gasteiger partial charge < -0.3 is 394 Å². The van der Waals surface area contributed by atoms with E-state index in [4.69, 9.17) is 0 Å². The molecule has 0 fully saturated rings. The minimum atomic E-state index is 0. The van der Waals surface area contributed by atoms with Gasteiger partial charge in [-0.2, -0.15) is 0 Å². The second-order valence-corrected chi connectivity index (χ2v) is 0. The molecule has 0 unspecified atom stereocenters. The monoisotopic (exact) mass is 2290 g/mol. The molecule has 0 saturated heterocycles. The molecule has 0 rings (SSSR count). The first-order valence-corrected chi connectivity index (χ1v) is 0. The van der Waals surface area contributed by atoms with Crippen LogP contribution < -0.4 is 0 Å². The molecule has 0 atom stereocenters. The number of hydrogen-bond donors (Lipinski definition) is 0. The fraction of sp³-hybridized carbons (Fsp3) is 0. The van der Waals surface area contributed by atoms with E-state index in [2.05, 4.69) is 0 Å². The SMILES string of the molecule is O.O.O.O.O.O.[Al+3].[Al+3].[Al+3].[Al+3].[Mg+2].[Mg+2].[Mg+2].[Mg+2].[Mg+2].[Mg+2].[Mg+2].[Mg+2].[Mg+2].[Mg+2].[Mg+2].[Mg+2].[Mg+2].[Mg+2].[Mg+2].[Mg+2].[Mg+2].[Mg+2].[O-2].[O-2].[O-2].[O-2].[O-2].[O-2].[O-2].[O-2].[O-2].[O-2].[O-2].[O-2].[O-2].[O-2].[O-2].[O-2].[O-2].[O-2].[O-2].[O-2].[O-2].[O-2].[O-2].[O-2].[O-2].[O-2].[O-2].[O-2].[O-2].[O-2].[O-2].[O-2].[O-2].[O-2].[O-2].[O-2].[O-2].[O-2].[O-2].[O-2].[O-2].[O-2].[O-2].[O-2].[O-2].[O-2].[O-2].[O-2].[O-2].[O-2].[O-2].[O-2].[O-2].[O-2].[O-2].[O-2].[O-2].[O-2].[O-2].[O-2].[O-2].[O-2].[O-2].[O-2].[O-2].[O-2].[Si+4].[Si+4].[Si+4].[Si+4].[Si+4].[Si+4].[Si+4].[Si+4].[Si+4].[Si+4].[Si+4].[Si+4].[Si+4].[Si+4].[Si+4].[Si+4].[Si+4].[Si+4].[Si+4].[Si+4].[Si+4]. The maximum atomic E-state index is 0. The first-order valence-electron chi connectivity index (χ1n) is 0. The van der Waals surface area contributed by atoms with Crippen molar-refractivity contribution >= 4 is 715 Å². The van der Waals surface area contributed by atoms with Crippen LogP contribution in [0.15, 0.2) is 0 Å². The molecule has 576 valence electrons. The topological polar surface area (TPSA) is 2070 Å². The van der Waals surface area contributed by atoms with Gasteiger partial charge in [0.1, 0.15) is 0 Å². The van der Waals surface area contributed by atoms with Gasteiger partial charge in [-0.15, -0.1) is 0 Å². The van der Waals surface area contributed by atoms with Crippen molar-refractivity contribution in [2.45, 2.75) is 0 Å². The van der Waals surface area contributed by atoms with Crippen LogP contribution in [0.2, 0.25) is 0 Å². The third kappa shape index (κ3) is 7140. The van der Waals surface area contributed by atoms with Crippen molar-refractivity contribution in [3.05, 3.63) is 0 Å². The Morgan fingerprint density at radius 3 is 0.0435 bits per heavy atom. The summed E-state index contributed by atoms with van der Waals surface area (Å²) in [4.78, 5) is 0. The molecular formula is H12Al4Mg18O72Si21. The zero-order valence-electron chi connectivity index (χ0n) is 55.5. The van der Waals surface area contributed by atoms with Crippen molar-refractivity contribution in [3.8, 4) is 0 Å². The average molecular weight is 2300 g/mol. The second kappa shape index (κ2) is 7250. The smallest absolute Gasteiger partial charge is 2.00 e. The van der Waals surface area contributed by atoms with Crippen LogP contribution in [0.25, 0.3) is 0 Å². The fourth-order valence-corrected chi connectivity index (χ4v) is 0. The van der Waals surface area contributed by atoms with Crippen LogP contribution in [-0.4, -0.2) is 748 Å². The van der Waals surface area contributed by atoms with Crippen LogP contribution in [0.1, 0.15) is 0 Å². The molecule has 0 aromatic rings. The normalized spacial score (nSPS) is 0. The summed E-state index contributed by atoms with van der Waals surface area (Å²) in [5.41, 5.74) is 0. The summed E-state index contributed by atoms with van der Waals surface area (Å²) in [6.07, 6.45) is 0. The molecule has 0 spiro atoms. The van der Waals surface area contributed by atoms with Crippen molar-refractivity contribution in [2.75, 3.05) is 0 Å². The molecule has 0 radical (unpaired) electrons. The molecule has 0 saturated carbocycles. The second-order valence-electron chi connectivity index (χ2n) is 0. The fourth-order valence-electron chi connectivity index (χ4n) is 0. The van der Waals surface area contributed by atoms with Crippen molar-refractivity contribution in [1.29, 1.82) is 0 Å². The van der Waals surface area contributed by atoms with Gasteiger partial charge in [0, 0.05) is 0 Å². The van der Waals surface area contributed by atoms with E-state index < -0.39 is 0 Å². The van der Waals surface area contributed by atoms with Crippen LogP contribution >= 0.6 is 0 Å². The summed E-state index contributed by atoms with van der Waals surface area (Å²) >= 11 is 0. The van der Waals surface area contributed by atoms with Gasteiger partial charge in [-0.05, 0) is 0 Å². The molecular weight excluding hydrogens is 2290 g/mol. The molecule has 0 aromatic carbocycles. The van der Waals surface area contributed by atoms with E-state index in [1.54, 1.807) is 0 Å². The predicted octanol–water partition coefficient (Wildman–Crippen LogP) is -29.2. The molecule has 0 aliphatic heterocycles. The largest absolute Gasteiger partial charge is 4.00 e. The van der Waals surface area contributed by atoms with Gasteiger partial charge in [-0.25, -0.2) is 0 Å². The summed E-state index contributed by atoms with van der Waals surface area (Å²) < 4.78 is 0. The summed E-state index contributed by atoms with van der Waals surface area (Å²) in [5.74, 6) is 0. The molecule has 0 aromatic heterocycles. The number of hydrogen-bond acceptors (Lipinski definition) is 0. The van der Waals surface area contributed by atoms with E-state index in [0.717, 1.165) is 0 Å². The van der Waals surface area contributed by atoms with E-state index in [-0.39, 0.29) is 1110 Å². The summed E-state index contributed by atoms with van der Waals surface area (Å²) in [6.45, 7) is 0. The Kier molecular flexibility index (Phi) is 467000. The summed E-state index contributed by atoms with van der Waals surface area (Å²) in [5, 5.41) is 0. The van der Waals surface area contributed by atoms with Crippen molar-refractivity contribution < 1.29 is 394 Å². The van der Waals surface area contributed by atoms with Crippen molar-refractivity contribution in [3.63, 3.8) is 0 Å². The Bertz CT molecular complexity index is 168. The third-order valence-corrected chi connectivity index (χ3v) is 0. The molecule has 0 bridgehead atoms. The van der Waals surface area contributed by atoms with Crippen LogP contribution in [0.3, 0.4) is 0 Å². The van der Waals surface area contributed by atoms with E-state index in [9.17, 15) is 0 Å². The van der Waals surface area contributed by atoms with E-state index in [0.29, 0.717) is 0 Å². The van der Waals surface area contributed by atoms with Crippen LogP contribution in [0.4, 0.5) is 0 Å². The predicted molar refractivity (Wildman–Crippen MR) is 314 cm³/mol. The molecule has 115 heteroatoms. The number of rotatable bonds is 0. The summed E-state index contributed by atoms with van der Waals surface area (Å²) in [7, 11) is 0. The third-order valence-electron chi connectivity index (χ3n) is 0. The van der Waals surface area contributed by atoms with E-state index in [1.807, 2.05) is 0 Å². The maximum Gasteiger partial charge on any atom is 4.00 e. The Morgan fingerprint density at radius 1 is 0.0435 bits per heavy atom. The molecule has 115 heavy (non-hydrogen) atoms. The molecule has 0 aliphatic carbocycles. The van der Waals surface area contributed by atoms with Crippen LogP contribution in [0.5, 0.6) is 0 Å². The summed E-state index contributed by atoms with van der Waals surface area (Å²) in [6, 6.07) is 0. The minimum Gasteiger partial charge on any atom is -2.00 e. The molecule has 0 amide bonds. The molecule has 12 N–H and O–H groups in total. The van der Waals surface area contributed by atoms with Gasteiger partial charge in [0.05, 0.1) is 0 Å². The minimum absolute atomic E-state index is 0. The zero-order valence-corrected chi connectivity index (χ0v) is 107. The van der Waals surface area contributed by atoms with Gasteiger partial charge in [-0.1, -0.05) is 0 Å². The molecule has 0 aliphatic rings. The average Bonchev–Trinajstić information content (AvgIpc) is 0. The van der Waals surface area contributed by atoms with Gasteiger partial charge in [0.25, 0.3) is 0 Å². The first kappa shape index (κ1) is 7420. The molecule has 0 heterocycles.